The molecule has 1 unspecified atom stereocenters. The average molecular weight is 411 g/mol. The average Bonchev–Trinajstić information content (AvgIpc) is 2.43. The lowest BCUT2D eigenvalue weighted by Gasteiger charge is -2.24. The van der Waals surface area contributed by atoms with E-state index < -0.39 is 0 Å². The Morgan fingerprint density at radius 3 is 1.76 bits per heavy atom. The molecule has 0 amide bonds. The van der Waals surface area contributed by atoms with E-state index >= 15 is 0 Å². The van der Waals surface area contributed by atoms with Crippen LogP contribution in [0, 0.1) is 34.6 Å². The van der Waals surface area contributed by atoms with Gasteiger partial charge in [0, 0.05) is 8.95 Å². The Kier molecular flexibility index (Phi) is 4.96. The number of hydrogen-bond acceptors (Lipinski definition) is 1. The van der Waals surface area contributed by atoms with Gasteiger partial charge in [-0.15, -0.1) is 0 Å². The molecule has 2 N–H and O–H groups in total. The maximum absolute atomic E-state index is 6.61. The Labute approximate surface area is 144 Å². The largest absolute Gasteiger partial charge is 0.320 e. The second-order valence-electron chi connectivity index (χ2n) is 5.68. The zero-order chi connectivity index (χ0) is 15.9. The Morgan fingerprint density at radius 1 is 0.810 bits per heavy atom. The van der Waals surface area contributed by atoms with Gasteiger partial charge in [-0.3, -0.25) is 0 Å². The van der Waals surface area contributed by atoms with E-state index in [2.05, 4.69) is 72.5 Å². The summed E-state index contributed by atoms with van der Waals surface area (Å²) in [5, 5.41) is 0. The molecule has 0 aliphatic rings. The summed E-state index contributed by atoms with van der Waals surface area (Å²) in [5.41, 5.74) is 15.6. The molecule has 2 aromatic rings. The van der Waals surface area contributed by atoms with Crippen molar-refractivity contribution in [3.8, 4) is 0 Å². The smallest absolute Gasteiger partial charge is 0.0568 e. The van der Waals surface area contributed by atoms with Crippen molar-refractivity contribution in [1.29, 1.82) is 0 Å². The Bertz CT molecular complexity index is 676. The van der Waals surface area contributed by atoms with Crippen molar-refractivity contribution in [2.45, 2.75) is 40.7 Å². The highest BCUT2D eigenvalue weighted by atomic mass is 79.9. The van der Waals surface area contributed by atoms with E-state index in [9.17, 15) is 0 Å². The molecule has 0 saturated carbocycles. The van der Waals surface area contributed by atoms with Gasteiger partial charge in [-0.1, -0.05) is 37.9 Å². The van der Waals surface area contributed by atoms with Gasteiger partial charge in [-0.25, -0.2) is 0 Å². The summed E-state index contributed by atoms with van der Waals surface area (Å²) >= 11 is 7.13. The van der Waals surface area contributed by atoms with E-state index in [0.29, 0.717) is 0 Å². The topological polar surface area (TPSA) is 26.0 Å². The van der Waals surface area contributed by atoms with Crippen molar-refractivity contribution < 1.29 is 0 Å². The molecule has 3 heteroatoms. The first-order chi connectivity index (χ1) is 9.75. The van der Waals surface area contributed by atoms with Crippen LogP contribution in [0.2, 0.25) is 0 Å². The van der Waals surface area contributed by atoms with Gasteiger partial charge >= 0.3 is 0 Å². The summed E-state index contributed by atoms with van der Waals surface area (Å²) in [6.45, 7) is 10.9. The normalized spacial score (nSPS) is 12.6. The van der Waals surface area contributed by atoms with Crippen LogP contribution >= 0.6 is 31.9 Å². The van der Waals surface area contributed by atoms with E-state index in [0.717, 1.165) is 14.5 Å². The van der Waals surface area contributed by atoms with Crippen LogP contribution in [0.3, 0.4) is 0 Å². The second kappa shape index (κ2) is 6.23. The summed E-state index contributed by atoms with van der Waals surface area (Å²) in [6.07, 6.45) is 0. The van der Waals surface area contributed by atoms with Crippen molar-refractivity contribution in [1.82, 2.24) is 0 Å². The Balaban J connectivity index is 2.66. The molecule has 0 aromatic heterocycles. The van der Waals surface area contributed by atoms with Crippen LogP contribution in [-0.2, 0) is 0 Å². The molecule has 0 radical (unpaired) electrons. The van der Waals surface area contributed by atoms with Gasteiger partial charge in [-0.05, 0) is 85.7 Å². The number of hydrogen-bond donors (Lipinski definition) is 1. The van der Waals surface area contributed by atoms with E-state index in [-0.39, 0.29) is 6.04 Å². The van der Waals surface area contributed by atoms with Crippen molar-refractivity contribution in [2.24, 2.45) is 5.73 Å². The summed E-state index contributed by atoms with van der Waals surface area (Å²) < 4.78 is 2.09. The first-order valence-electron chi connectivity index (χ1n) is 7.03. The van der Waals surface area contributed by atoms with Crippen LogP contribution in [0.4, 0.5) is 0 Å². The lowest BCUT2D eigenvalue weighted by atomic mass is 9.84. The first kappa shape index (κ1) is 16.7. The molecular weight excluding hydrogens is 390 g/mol. The molecule has 21 heavy (non-hydrogen) atoms. The zero-order valence-corrected chi connectivity index (χ0v) is 16.3. The third-order valence-corrected chi connectivity index (χ3v) is 5.85. The molecule has 2 aromatic carbocycles. The van der Waals surface area contributed by atoms with Crippen LogP contribution < -0.4 is 5.73 Å². The molecule has 0 aliphatic carbocycles. The van der Waals surface area contributed by atoms with E-state index in [1.54, 1.807) is 0 Å². The predicted molar refractivity (Wildman–Crippen MR) is 98.0 cm³/mol. The van der Waals surface area contributed by atoms with Gasteiger partial charge in [0.1, 0.15) is 0 Å². The number of nitrogens with two attached hydrogens (primary N) is 1. The third kappa shape index (κ3) is 2.96. The number of halogens is 2. The van der Waals surface area contributed by atoms with Gasteiger partial charge in [0.2, 0.25) is 0 Å². The summed E-state index contributed by atoms with van der Waals surface area (Å²) in [5.74, 6) is 0. The minimum atomic E-state index is -0.120. The molecule has 2 rings (SSSR count). The summed E-state index contributed by atoms with van der Waals surface area (Å²) in [7, 11) is 0. The van der Waals surface area contributed by atoms with Gasteiger partial charge in [-0.2, -0.15) is 0 Å². The molecule has 1 atom stereocenters. The molecule has 0 heterocycles. The lowest BCUT2D eigenvalue weighted by molar-refractivity contribution is 0.838. The minimum absolute atomic E-state index is 0.120. The maximum Gasteiger partial charge on any atom is 0.0568 e. The third-order valence-electron chi connectivity index (χ3n) is 4.67. The fourth-order valence-electron chi connectivity index (χ4n) is 2.90. The molecular formula is C18H21Br2N. The summed E-state index contributed by atoms with van der Waals surface area (Å²) in [4.78, 5) is 0. The SMILES string of the molecule is Cc1c(C)c(C)c(C(N)c2ccc(Br)cc2Br)c(C)c1C. The molecule has 112 valence electrons. The van der Waals surface area contributed by atoms with Crippen LogP contribution in [0.15, 0.2) is 27.1 Å². The molecule has 0 fully saturated rings. The highest BCUT2D eigenvalue weighted by molar-refractivity contribution is 9.11. The molecule has 1 nitrogen and oxygen atoms in total. The standard InChI is InChI=1S/C18H21Br2N/c1-9-10(2)12(4)17(13(5)11(9)3)18(21)15-7-6-14(19)8-16(15)20/h6-8,18H,21H2,1-5H3. The zero-order valence-electron chi connectivity index (χ0n) is 13.1. The van der Waals surface area contributed by atoms with Crippen molar-refractivity contribution in [3.63, 3.8) is 0 Å². The Hall–Kier alpha value is -0.640. The van der Waals surface area contributed by atoms with Gasteiger partial charge in [0.25, 0.3) is 0 Å². The fraction of sp³-hybridized carbons (Fsp3) is 0.333. The van der Waals surface area contributed by atoms with Gasteiger partial charge < -0.3 is 5.73 Å². The summed E-state index contributed by atoms with van der Waals surface area (Å²) in [6, 6.07) is 6.06. The predicted octanol–water partition coefficient (Wildman–Crippen LogP) is 5.80. The molecule has 0 saturated heterocycles. The minimum Gasteiger partial charge on any atom is -0.320 e. The van der Waals surface area contributed by atoms with Crippen molar-refractivity contribution >= 4 is 31.9 Å². The lowest BCUT2D eigenvalue weighted by Crippen LogP contribution is -2.17. The van der Waals surface area contributed by atoms with Crippen LogP contribution in [0.25, 0.3) is 0 Å². The molecule has 0 aliphatic heterocycles. The number of benzene rings is 2. The van der Waals surface area contributed by atoms with E-state index in [1.807, 2.05) is 12.1 Å². The highest BCUT2D eigenvalue weighted by Gasteiger charge is 2.20. The number of rotatable bonds is 2. The van der Waals surface area contributed by atoms with Crippen LogP contribution in [0.5, 0.6) is 0 Å². The Morgan fingerprint density at radius 2 is 1.29 bits per heavy atom. The first-order valence-corrected chi connectivity index (χ1v) is 8.61. The maximum atomic E-state index is 6.61. The quantitative estimate of drug-likeness (QED) is 0.664. The monoisotopic (exact) mass is 409 g/mol. The van der Waals surface area contributed by atoms with E-state index in [4.69, 9.17) is 5.73 Å². The van der Waals surface area contributed by atoms with Gasteiger partial charge in [0.05, 0.1) is 6.04 Å². The highest BCUT2D eigenvalue weighted by Crippen LogP contribution is 2.35. The van der Waals surface area contributed by atoms with Crippen molar-refractivity contribution in [3.05, 3.63) is 66.1 Å². The second-order valence-corrected chi connectivity index (χ2v) is 7.45. The molecule has 0 bridgehead atoms. The van der Waals surface area contributed by atoms with Crippen molar-refractivity contribution in [2.75, 3.05) is 0 Å². The van der Waals surface area contributed by atoms with Crippen LogP contribution in [0.1, 0.15) is 45.0 Å². The fourth-order valence-corrected chi connectivity index (χ4v) is 4.20. The van der Waals surface area contributed by atoms with E-state index in [1.165, 1.54) is 33.4 Å². The molecule has 0 spiro atoms. The van der Waals surface area contributed by atoms with Gasteiger partial charge in [0.15, 0.2) is 0 Å². The van der Waals surface area contributed by atoms with Crippen LogP contribution in [-0.4, -0.2) is 0 Å².